The molecular weight excluding hydrogens is 624 g/mol. The third-order valence-electron chi connectivity index (χ3n) is 6.86. The summed E-state index contributed by atoms with van der Waals surface area (Å²) in [5.41, 5.74) is 1.43. The molecule has 13 nitrogen and oxygen atoms in total. The van der Waals surface area contributed by atoms with Crippen molar-refractivity contribution in [1.29, 1.82) is 0 Å². The Bertz CT molecular complexity index is 1310. The van der Waals surface area contributed by atoms with Crippen LogP contribution in [0.4, 0.5) is 0 Å². The maximum absolute atomic E-state index is 13.4. The van der Waals surface area contributed by atoms with Crippen LogP contribution < -0.4 is 9.47 Å². The van der Waals surface area contributed by atoms with Crippen LogP contribution in [0.5, 0.6) is 11.5 Å². The van der Waals surface area contributed by atoms with Crippen molar-refractivity contribution >= 4 is 36.4 Å². The summed E-state index contributed by atoms with van der Waals surface area (Å²) in [6.45, 7) is 4.68. The number of rotatable bonds is 18. The summed E-state index contributed by atoms with van der Waals surface area (Å²) in [6, 6.07) is 11.7. The van der Waals surface area contributed by atoms with Gasteiger partial charge in [0.05, 0.1) is 45.6 Å². The van der Waals surface area contributed by atoms with Gasteiger partial charge in [-0.3, -0.25) is 9.69 Å². The van der Waals surface area contributed by atoms with Crippen molar-refractivity contribution in [2.75, 3.05) is 53.2 Å². The third kappa shape index (κ3) is 13.0. The number of benzene rings is 2. The quantitative estimate of drug-likeness (QED) is 0.0527. The lowest BCUT2D eigenvalue weighted by Crippen LogP contribution is -2.40. The Morgan fingerprint density at radius 3 is 2.50 bits per heavy atom. The second kappa shape index (κ2) is 20.8. The molecule has 46 heavy (non-hydrogen) atoms. The van der Waals surface area contributed by atoms with Crippen LogP contribution in [0.15, 0.2) is 48.5 Å². The van der Waals surface area contributed by atoms with E-state index in [0.29, 0.717) is 56.7 Å². The van der Waals surface area contributed by atoms with Gasteiger partial charge in [-0.25, -0.2) is 9.59 Å². The molecule has 0 N–H and O–H groups in total. The highest BCUT2D eigenvalue weighted by molar-refractivity contribution is 5.93. The number of nitrogens with zero attached hydrogens (tertiary/aromatic N) is 2. The summed E-state index contributed by atoms with van der Waals surface area (Å²) in [6.07, 6.45) is 5.17. The van der Waals surface area contributed by atoms with E-state index in [1.165, 1.54) is 19.3 Å². The van der Waals surface area contributed by atoms with Crippen LogP contribution in [0.3, 0.4) is 0 Å². The lowest BCUT2D eigenvalue weighted by Gasteiger charge is -2.27. The Hall–Kier alpha value is -4.20. The van der Waals surface area contributed by atoms with Crippen molar-refractivity contribution in [2.45, 2.75) is 45.1 Å². The number of esters is 3. The van der Waals surface area contributed by atoms with Crippen molar-refractivity contribution in [3.63, 3.8) is 0 Å². The minimum absolute atomic E-state index is 0. The molecule has 0 spiro atoms. The normalized spacial score (nSPS) is 13.7. The second-order valence-electron chi connectivity index (χ2n) is 10.2. The average Bonchev–Trinajstić information content (AvgIpc) is 3.04. The first-order chi connectivity index (χ1) is 21.8. The van der Waals surface area contributed by atoms with Crippen molar-refractivity contribution in [1.82, 2.24) is 4.90 Å². The largest absolute Gasteiger partial charge is 0.493 e. The maximum atomic E-state index is 13.4. The number of morpholine rings is 1. The zero-order chi connectivity index (χ0) is 32.4. The number of unbranched alkanes of at least 4 members (excludes halogenated alkanes) is 2. The Kier molecular flexibility index (Phi) is 17.1. The van der Waals surface area contributed by atoms with Crippen LogP contribution in [0.2, 0.25) is 0 Å². The predicted molar refractivity (Wildman–Crippen MR) is 169 cm³/mol. The molecule has 1 saturated heterocycles. The highest BCUT2D eigenvalue weighted by atomic mass is 35.5. The fraction of sp³-hybridized carbons (Fsp3) is 0.469. The highest BCUT2D eigenvalue weighted by Gasteiger charge is 2.25. The molecule has 2 aromatic rings. The van der Waals surface area contributed by atoms with Crippen LogP contribution in [0.25, 0.3) is 6.08 Å². The van der Waals surface area contributed by atoms with Crippen molar-refractivity contribution in [3.05, 3.63) is 75.3 Å². The van der Waals surface area contributed by atoms with Gasteiger partial charge in [-0.1, -0.05) is 37.6 Å². The van der Waals surface area contributed by atoms with Crippen LogP contribution in [-0.2, 0) is 28.6 Å². The molecule has 1 aliphatic heterocycles. The van der Waals surface area contributed by atoms with Gasteiger partial charge < -0.3 is 28.5 Å². The molecule has 252 valence electrons. The van der Waals surface area contributed by atoms with Gasteiger partial charge in [0.1, 0.15) is 6.10 Å². The molecule has 3 rings (SSSR count). The van der Waals surface area contributed by atoms with Crippen LogP contribution >= 0.6 is 12.4 Å². The maximum Gasteiger partial charge on any atom is 0.344 e. The van der Waals surface area contributed by atoms with E-state index in [1.807, 2.05) is 11.8 Å². The standard InChI is InChI=1S/C32H40N2O11.ClH/c1-3-4-11-27(44-31(36)23-33-16-20-41-21-17-33)25-9-5-6-10-26(25)32(37)45-28-14-12-24(22-29(28)40-2)13-15-30(35)42-18-7-8-19-43-34(38)39;/h5-6,9-10,12-15,22,27H,3-4,7-8,11,16-21,23H2,1-2H3;1H/b15-13+;. The van der Waals surface area contributed by atoms with Gasteiger partial charge >= 0.3 is 17.9 Å². The van der Waals surface area contributed by atoms with Gasteiger partial charge in [0, 0.05) is 24.7 Å². The average molecular weight is 665 g/mol. The molecule has 2 aromatic carbocycles. The number of halogens is 1. The summed E-state index contributed by atoms with van der Waals surface area (Å²) in [4.78, 5) is 54.6. The van der Waals surface area contributed by atoms with E-state index in [0.717, 1.165) is 12.8 Å². The third-order valence-corrected chi connectivity index (χ3v) is 6.86. The molecule has 1 heterocycles. The number of ether oxygens (including phenoxy) is 5. The van der Waals surface area contributed by atoms with E-state index in [2.05, 4.69) is 4.84 Å². The predicted octanol–water partition coefficient (Wildman–Crippen LogP) is 4.99. The Labute approximate surface area is 274 Å². The first-order valence-electron chi connectivity index (χ1n) is 14.9. The molecule has 1 unspecified atom stereocenters. The smallest absolute Gasteiger partial charge is 0.344 e. The first kappa shape index (κ1) is 38.0. The van der Waals surface area contributed by atoms with Gasteiger partial charge in [0.2, 0.25) is 0 Å². The number of methoxy groups -OCH3 is 1. The molecule has 0 bridgehead atoms. The zero-order valence-electron chi connectivity index (χ0n) is 26.1. The minimum Gasteiger partial charge on any atom is -0.493 e. The lowest BCUT2D eigenvalue weighted by atomic mass is 9.98. The molecule has 0 saturated carbocycles. The molecule has 1 aliphatic rings. The molecule has 1 fully saturated rings. The summed E-state index contributed by atoms with van der Waals surface area (Å²) in [5.74, 6) is -1.15. The molecule has 1 atom stereocenters. The Morgan fingerprint density at radius 2 is 1.78 bits per heavy atom. The van der Waals surface area contributed by atoms with E-state index >= 15 is 0 Å². The monoisotopic (exact) mass is 664 g/mol. The first-order valence-corrected chi connectivity index (χ1v) is 14.9. The SMILES string of the molecule is CCCCC(OC(=O)CN1CCOCC1)c1ccccc1C(=O)Oc1ccc(/C=C/C(=O)OCCCCO[N+](=O)[O-])cc1OC.Cl. The second-order valence-corrected chi connectivity index (χ2v) is 10.2. The molecule has 0 aliphatic carbocycles. The van der Waals surface area contributed by atoms with Gasteiger partial charge in [-0.05, 0) is 55.5 Å². The molecule has 0 radical (unpaired) electrons. The summed E-state index contributed by atoms with van der Waals surface area (Å²) >= 11 is 0. The van der Waals surface area contributed by atoms with Crippen LogP contribution in [0.1, 0.15) is 66.6 Å². The van der Waals surface area contributed by atoms with E-state index in [1.54, 1.807) is 42.5 Å². The number of carbonyl (C=O) groups excluding carboxylic acids is 3. The van der Waals surface area contributed by atoms with E-state index < -0.39 is 23.1 Å². The topological polar surface area (TPSA) is 153 Å². The van der Waals surface area contributed by atoms with Crippen LogP contribution in [-0.4, -0.2) is 81.1 Å². The van der Waals surface area contributed by atoms with E-state index in [9.17, 15) is 24.5 Å². The fourth-order valence-electron chi connectivity index (χ4n) is 4.52. The van der Waals surface area contributed by atoms with Crippen LogP contribution in [0, 0.1) is 10.1 Å². The van der Waals surface area contributed by atoms with Gasteiger partial charge in [0.15, 0.2) is 11.5 Å². The van der Waals surface area contributed by atoms with Crippen molar-refractivity contribution in [2.24, 2.45) is 0 Å². The molecule has 0 aromatic heterocycles. The Morgan fingerprint density at radius 1 is 1.04 bits per heavy atom. The summed E-state index contributed by atoms with van der Waals surface area (Å²) in [5, 5.41) is 9.27. The number of carbonyl (C=O) groups is 3. The molecule has 14 heteroatoms. The number of hydrogen-bond donors (Lipinski definition) is 0. The zero-order valence-corrected chi connectivity index (χ0v) is 26.9. The lowest BCUT2D eigenvalue weighted by molar-refractivity contribution is -0.757. The van der Waals surface area contributed by atoms with Crippen molar-refractivity contribution < 1.29 is 48.0 Å². The minimum atomic E-state index is -0.869. The Balaban J connectivity index is 0.00000736. The van der Waals surface area contributed by atoms with Gasteiger partial charge in [-0.2, -0.15) is 0 Å². The van der Waals surface area contributed by atoms with Gasteiger partial charge in [0.25, 0.3) is 5.09 Å². The van der Waals surface area contributed by atoms with Crippen molar-refractivity contribution in [3.8, 4) is 11.5 Å². The highest BCUT2D eigenvalue weighted by Crippen LogP contribution is 2.32. The van der Waals surface area contributed by atoms with E-state index in [4.69, 9.17) is 23.7 Å². The summed E-state index contributed by atoms with van der Waals surface area (Å²) < 4.78 is 27.5. The summed E-state index contributed by atoms with van der Waals surface area (Å²) in [7, 11) is 1.43. The molecule has 0 amide bonds. The number of hydrogen-bond acceptors (Lipinski definition) is 12. The van der Waals surface area contributed by atoms with E-state index in [-0.39, 0.29) is 55.2 Å². The molecular formula is C32H41ClN2O11. The van der Waals surface area contributed by atoms with Gasteiger partial charge in [-0.15, -0.1) is 22.5 Å². The fourth-order valence-corrected chi connectivity index (χ4v) is 4.52.